The normalized spacial score (nSPS) is 15.6. The molecule has 2 aromatic rings. The number of carbonyl (C=O) groups is 1. The lowest BCUT2D eigenvalue weighted by Gasteiger charge is -2.34. The summed E-state index contributed by atoms with van der Waals surface area (Å²) in [4.78, 5) is 18.7. The summed E-state index contributed by atoms with van der Waals surface area (Å²) in [6.07, 6.45) is 1.67. The van der Waals surface area contributed by atoms with Gasteiger partial charge in [-0.15, -0.1) is 0 Å². The van der Waals surface area contributed by atoms with Crippen LogP contribution < -0.4 is 10.3 Å². The van der Waals surface area contributed by atoms with Crippen LogP contribution in [0.4, 0.5) is 5.69 Å². The fraction of sp³-hybridized carbons (Fsp3) is 0.364. The number of nitrogens with zero attached hydrogens (tertiary/aromatic N) is 4. The molecule has 3 rings (SSSR count). The fourth-order valence-corrected chi connectivity index (χ4v) is 3.36. The van der Waals surface area contributed by atoms with Crippen molar-refractivity contribution in [2.24, 2.45) is 5.10 Å². The maximum absolute atomic E-state index is 12.2. The van der Waals surface area contributed by atoms with Gasteiger partial charge in [0.1, 0.15) is 0 Å². The SMILES string of the molecule is CN(C)c1ccc(C=NNC(=O)CN2CCN(Cc3ccc(Cl)cc3)CC2)cc1. The predicted octanol–water partition coefficient (Wildman–Crippen LogP) is 2.67. The van der Waals surface area contributed by atoms with E-state index < -0.39 is 0 Å². The molecular weight excluding hydrogens is 386 g/mol. The maximum Gasteiger partial charge on any atom is 0.254 e. The van der Waals surface area contributed by atoms with Gasteiger partial charge in [-0.2, -0.15) is 5.10 Å². The highest BCUT2D eigenvalue weighted by atomic mass is 35.5. The lowest BCUT2D eigenvalue weighted by molar-refractivity contribution is -0.122. The number of halogens is 1. The van der Waals surface area contributed by atoms with Gasteiger partial charge < -0.3 is 4.90 Å². The number of amides is 1. The summed E-state index contributed by atoms with van der Waals surface area (Å²) < 4.78 is 0. The molecule has 0 aromatic heterocycles. The number of rotatable bonds is 7. The molecule has 0 unspecified atom stereocenters. The van der Waals surface area contributed by atoms with Gasteiger partial charge in [0.25, 0.3) is 5.91 Å². The molecule has 1 aliphatic rings. The van der Waals surface area contributed by atoms with Crippen LogP contribution in [0.1, 0.15) is 11.1 Å². The van der Waals surface area contributed by atoms with Crippen LogP contribution >= 0.6 is 11.6 Å². The van der Waals surface area contributed by atoms with Gasteiger partial charge in [-0.1, -0.05) is 35.9 Å². The molecule has 154 valence electrons. The standard InChI is InChI=1S/C22H28ClN5O/c1-26(2)21-9-5-18(6-10-21)15-24-25-22(29)17-28-13-11-27(12-14-28)16-19-3-7-20(23)8-4-19/h3-10,15H,11-14,16-17H2,1-2H3,(H,25,29). The van der Waals surface area contributed by atoms with Crippen LogP contribution in [0.2, 0.25) is 5.02 Å². The molecule has 0 radical (unpaired) electrons. The predicted molar refractivity (Wildman–Crippen MR) is 120 cm³/mol. The topological polar surface area (TPSA) is 51.2 Å². The van der Waals surface area contributed by atoms with E-state index in [2.05, 4.69) is 32.5 Å². The van der Waals surface area contributed by atoms with E-state index in [9.17, 15) is 4.79 Å². The molecule has 0 saturated carbocycles. The lowest BCUT2D eigenvalue weighted by Crippen LogP contribution is -2.48. The highest BCUT2D eigenvalue weighted by molar-refractivity contribution is 6.30. The highest BCUT2D eigenvalue weighted by Crippen LogP contribution is 2.13. The number of hydrogen-bond acceptors (Lipinski definition) is 5. The Morgan fingerprint density at radius 2 is 1.66 bits per heavy atom. The van der Waals surface area contributed by atoms with Crippen molar-refractivity contribution < 1.29 is 4.79 Å². The van der Waals surface area contributed by atoms with Crippen LogP contribution in [0.5, 0.6) is 0 Å². The van der Waals surface area contributed by atoms with Gasteiger partial charge in [0.05, 0.1) is 12.8 Å². The molecule has 0 atom stereocenters. The minimum atomic E-state index is -0.0858. The molecule has 1 fully saturated rings. The number of carbonyl (C=O) groups excluding carboxylic acids is 1. The number of piperazine rings is 1. The van der Waals surface area contributed by atoms with E-state index in [4.69, 9.17) is 11.6 Å². The summed E-state index contributed by atoms with van der Waals surface area (Å²) >= 11 is 5.94. The van der Waals surface area contributed by atoms with Crippen molar-refractivity contribution >= 4 is 29.4 Å². The Hall–Kier alpha value is -2.41. The smallest absolute Gasteiger partial charge is 0.254 e. The van der Waals surface area contributed by atoms with Crippen molar-refractivity contribution in [2.45, 2.75) is 6.54 Å². The Balaban J connectivity index is 1.37. The van der Waals surface area contributed by atoms with Crippen molar-refractivity contribution in [1.82, 2.24) is 15.2 Å². The lowest BCUT2D eigenvalue weighted by atomic mass is 10.2. The maximum atomic E-state index is 12.2. The second kappa shape index (κ2) is 10.4. The molecule has 1 N–H and O–H groups in total. The van der Waals surface area contributed by atoms with Crippen LogP contribution in [-0.4, -0.2) is 68.7 Å². The van der Waals surface area contributed by atoms with E-state index in [1.165, 1.54) is 5.56 Å². The first-order valence-corrected chi connectivity index (χ1v) is 10.2. The monoisotopic (exact) mass is 413 g/mol. The molecule has 1 amide bonds. The summed E-state index contributed by atoms with van der Waals surface area (Å²) in [6.45, 7) is 4.90. The average Bonchev–Trinajstić information content (AvgIpc) is 2.71. The first-order chi connectivity index (χ1) is 14.0. The van der Waals surface area contributed by atoms with E-state index in [-0.39, 0.29) is 5.91 Å². The van der Waals surface area contributed by atoms with E-state index >= 15 is 0 Å². The Morgan fingerprint density at radius 1 is 1.03 bits per heavy atom. The molecule has 1 heterocycles. The number of anilines is 1. The van der Waals surface area contributed by atoms with Crippen molar-refractivity contribution in [2.75, 3.05) is 51.7 Å². The van der Waals surface area contributed by atoms with Gasteiger partial charge in [-0.05, 0) is 35.4 Å². The van der Waals surface area contributed by atoms with E-state index in [1.807, 2.05) is 55.4 Å². The molecule has 1 saturated heterocycles. The van der Waals surface area contributed by atoms with Gasteiger partial charge in [0.2, 0.25) is 0 Å². The van der Waals surface area contributed by atoms with Gasteiger partial charge >= 0.3 is 0 Å². The molecule has 6 nitrogen and oxygen atoms in total. The molecule has 29 heavy (non-hydrogen) atoms. The average molecular weight is 414 g/mol. The summed E-state index contributed by atoms with van der Waals surface area (Å²) in [6, 6.07) is 16.0. The van der Waals surface area contributed by atoms with Crippen molar-refractivity contribution in [1.29, 1.82) is 0 Å². The van der Waals surface area contributed by atoms with Gasteiger partial charge in [-0.25, -0.2) is 5.43 Å². The molecular formula is C22H28ClN5O. The Kier molecular flexibility index (Phi) is 7.63. The zero-order valence-electron chi connectivity index (χ0n) is 17.0. The Labute approximate surface area is 177 Å². The molecule has 2 aromatic carbocycles. The van der Waals surface area contributed by atoms with Crippen molar-refractivity contribution in [3.8, 4) is 0 Å². The number of hydrazone groups is 1. The number of nitrogens with one attached hydrogen (secondary N) is 1. The summed E-state index contributed by atoms with van der Waals surface area (Å²) in [7, 11) is 4.00. The third-order valence-electron chi connectivity index (χ3n) is 4.96. The van der Waals surface area contributed by atoms with Crippen LogP contribution in [-0.2, 0) is 11.3 Å². The number of hydrogen-bond donors (Lipinski definition) is 1. The molecule has 0 spiro atoms. The van der Waals surface area contributed by atoms with Gasteiger partial charge in [0.15, 0.2) is 0 Å². The largest absolute Gasteiger partial charge is 0.378 e. The highest BCUT2D eigenvalue weighted by Gasteiger charge is 2.18. The second-order valence-electron chi connectivity index (χ2n) is 7.46. The third kappa shape index (κ3) is 6.85. The minimum absolute atomic E-state index is 0.0858. The van der Waals surface area contributed by atoms with Crippen LogP contribution in [0.25, 0.3) is 0 Å². The minimum Gasteiger partial charge on any atom is -0.378 e. The molecule has 0 bridgehead atoms. The zero-order chi connectivity index (χ0) is 20.6. The molecule has 1 aliphatic heterocycles. The summed E-state index contributed by atoms with van der Waals surface area (Å²) in [5.41, 5.74) is 5.96. The summed E-state index contributed by atoms with van der Waals surface area (Å²) in [5, 5.41) is 4.84. The third-order valence-corrected chi connectivity index (χ3v) is 5.22. The van der Waals surface area contributed by atoms with Crippen molar-refractivity contribution in [3.63, 3.8) is 0 Å². The Bertz CT molecular complexity index is 812. The van der Waals surface area contributed by atoms with Gasteiger partial charge in [0, 0.05) is 57.5 Å². The van der Waals surface area contributed by atoms with Crippen LogP contribution in [0.15, 0.2) is 53.6 Å². The van der Waals surface area contributed by atoms with E-state index in [0.29, 0.717) is 6.54 Å². The van der Waals surface area contributed by atoms with E-state index in [0.717, 1.165) is 49.0 Å². The van der Waals surface area contributed by atoms with E-state index in [1.54, 1.807) is 6.21 Å². The quantitative estimate of drug-likeness (QED) is 0.560. The van der Waals surface area contributed by atoms with Crippen LogP contribution in [0, 0.1) is 0 Å². The first-order valence-electron chi connectivity index (χ1n) is 9.78. The van der Waals surface area contributed by atoms with Crippen LogP contribution in [0.3, 0.4) is 0 Å². The van der Waals surface area contributed by atoms with Gasteiger partial charge in [-0.3, -0.25) is 14.6 Å². The fourth-order valence-electron chi connectivity index (χ4n) is 3.23. The second-order valence-corrected chi connectivity index (χ2v) is 7.89. The zero-order valence-corrected chi connectivity index (χ0v) is 17.8. The Morgan fingerprint density at radius 3 is 2.28 bits per heavy atom. The molecule has 0 aliphatic carbocycles. The number of benzene rings is 2. The summed E-state index contributed by atoms with van der Waals surface area (Å²) in [5.74, 6) is -0.0858. The molecule has 7 heteroatoms. The first kappa shape index (κ1) is 21.3. The van der Waals surface area contributed by atoms with Crippen molar-refractivity contribution in [3.05, 3.63) is 64.7 Å².